The topological polar surface area (TPSA) is 116 Å². The number of rotatable bonds is 4. The summed E-state index contributed by atoms with van der Waals surface area (Å²) in [5, 5.41) is 6.93. The van der Waals surface area contributed by atoms with Gasteiger partial charge in [-0.25, -0.2) is 19.3 Å². The van der Waals surface area contributed by atoms with E-state index in [1.54, 1.807) is 9.58 Å². The van der Waals surface area contributed by atoms with Gasteiger partial charge in [0, 0.05) is 13.1 Å². The Hall–Kier alpha value is -2.65. The van der Waals surface area contributed by atoms with E-state index in [0.29, 0.717) is 25.9 Å². The third-order valence-electron chi connectivity index (χ3n) is 4.81. The van der Waals surface area contributed by atoms with Crippen molar-refractivity contribution in [1.82, 2.24) is 25.0 Å². The number of aromatic nitrogens is 3. The van der Waals surface area contributed by atoms with Crippen molar-refractivity contribution in [3.05, 3.63) is 12.2 Å². The lowest BCUT2D eigenvalue weighted by Gasteiger charge is -2.33. The van der Waals surface area contributed by atoms with Crippen molar-refractivity contribution in [3.63, 3.8) is 0 Å². The summed E-state index contributed by atoms with van der Waals surface area (Å²) >= 11 is 0. The van der Waals surface area contributed by atoms with E-state index in [0.717, 1.165) is 12.8 Å². The normalized spacial score (nSPS) is 21.0. The number of ether oxygens (including phenoxy) is 2. The summed E-state index contributed by atoms with van der Waals surface area (Å²) in [6.07, 6.45) is 3.82. The number of carbonyl (C=O) groups is 3. The second-order valence-electron chi connectivity index (χ2n) is 8.30. The number of hydrogen-bond acceptors (Lipinski definition) is 7. The number of amides is 2. The van der Waals surface area contributed by atoms with Crippen molar-refractivity contribution in [1.29, 1.82) is 0 Å². The van der Waals surface area contributed by atoms with E-state index in [1.165, 1.54) is 13.4 Å². The van der Waals surface area contributed by atoms with Crippen LogP contribution in [-0.2, 0) is 14.3 Å². The Morgan fingerprint density at radius 1 is 1.29 bits per heavy atom. The molecule has 0 radical (unpaired) electrons. The minimum absolute atomic E-state index is 0.00966. The summed E-state index contributed by atoms with van der Waals surface area (Å²) in [4.78, 5) is 42.2. The fourth-order valence-corrected chi connectivity index (χ4v) is 3.19. The number of piperidine rings is 1. The second-order valence-corrected chi connectivity index (χ2v) is 8.30. The van der Waals surface area contributed by atoms with Crippen LogP contribution in [0.4, 0.5) is 4.79 Å². The van der Waals surface area contributed by atoms with Gasteiger partial charge in [-0.3, -0.25) is 4.79 Å². The van der Waals surface area contributed by atoms with Crippen molar-refractivity contribution in [2.75, 3.05) is 20.2 Å². The van der Waals surface area contributed by atoms with Gasteiger partial charge in [0.25, 0.3) is 5.91 Å². The molecule has 3 rings (SSSR count). The molecule has 10 nitrogen and oxygen atoms in total. The van der Waals surface area contributed by atoms with Crippen LogP contribution < -0.4 is 5.32 Å². The number of hydrogen-bond donors (Lipinski definition) is 1. The molecule has 0 bridgehead atoms. The van der Waals surface area contributed by atoms with Crippen molar-refractivity contribution in [3.8, 4) is 0 Å². The van der Waals surface area contributed by atoms with Crippen molar-refractivity contribution >= 4 is 18.0 Å². The van der Waals surface area contributed by atoms with E-state index in [9.17, 15) is 14.4 Å². The molecule has 1 aliphatic carbocycles. The molecule has 1 saturated heterocycles. The fraction of sp³-hybridized carbons (Fsp3) is 0.722. The minimum Gasteiger partial charge on any atom is -0.467 e. The maximum Gasteiger partial charge on any atom is 0.410 e. The number of nitrogens with zero attached hydrogens (tertiary/aromatic N) is 4. The van der Waals surface area contributed by atoms with Gasteiger partial charge in [0.05, 0.1) is 13.2 Å². The van der Waals surface area contributed by atoms with Gasteiger partial charge in [-0.05, 0) is 46.5 Å². The average molecular weight is 393 g/mol. The molecular weight excluding hydrogens is 366 g/mol. The lowest BCUT2D eigenvalue weighted by atomic mass is 10.1. The Labute approximate surface area is 163 Å². The Balaban J connectivity index is 1.62. The van der Waals surface area contributed by atoms with Gasteiger partial charge in [0.15, 0.2) is 0 Å². The van der Waals surface area contributed by atoms with E-state index < -0.39 is 23.0 Å². The van der Waals surface area contributed by atoms with Crippen molar-refractivity contribution < 1.29 is 23.9 Å². The Morgan fingerprint density at radius 3 is 2.61 bits per heavy atom. The van der Waals surface area contributed by atoms with Crippen LogP contribution in [0.1, 0.15) is 63.1 Å². The summed E-state index contributed by atoms with van der Waals surface area (Å²) in [6, 6.07) is -0.0918. The number of carbonyl (C=O) groups excluding carboxylic acids is 3. The van der Waals surface area contributed by atoms with Gasteiger partial charge >= 0.3 is 12.1 Å². The molecule has 154 valence electrons. The van der Waals surface area contributed by atoms with Crippen LogP contribution in [0.5, 0.6) is 0 Å². The van der Waals surface area contributed by atoms with Crippen LogP contribution in [0.2, 0.25) is 0 Å². The van der Waals surface area contributed by atoms with Gasteiger partial charge in [0.2, 0.25) is 5.82 Å². The van der Waals surface area contributed by atoms with Crippen LogP contribution in [0.25, 0.3) is 0 Å². The molecule has 0 spiro atoms. The molecule has 1 N–H and O–H groups in total. The Kier molecular flexibility index (Phi) is 5.31. The summed E-state index contributed by atoms with van der Waals surface area (Å²) in [5.41, 5.74) is -1.50. The summed E-state index contributed by atoms with van der Waals surface area (Å²) < 4.78 is 11.8. The molecule has 1 aromatic rings. The van der Waals surface area contributed by atoms with Crippen LogP contribution in [0.15, 0.2) is 6.33 Å². The molecular formula is C18H27N5O5. The molecule has 28 heavy (non-hydrogen) atoms. The number of likely N-dealkylation sites (tertiary alicyclic amines) is 1. The zero-order chi connectivity index (χ0) is 20.5. The molecule has 1 saturated carbocycles. The molecule has 1 atom stereocenters. The highest BCUT2D eigenvalue weighted by Crippen LogP contribution is 2.36. The lowest BCUT2D eigenvalue weighted by molar-refractivity contribution is -0.144. The fourth-order valence-electron chi connectivity index (χ4n) is 3.19. The monoisotopic (exact) mass is 393 g/mol. The number of esters is 1. The van der Waals surface area contributed by atoms with Crippen LogP contribution in [0.3, 0.4) is 0 Å². The second kappa shape index (κ2) is 7.40. The molecule has 1 aliphatic heterocycles. The molecule has 2 heterocycles. The molecule has 2 amide bonds. The lowest BCUT2D eigenvalue weighted by Crippen LogP contribution is -2.44. The van der Waals surface area contributed by atoms with E-state index in [4.69, 9.17) is 9.47 Å². The largest absolute Gasteiger partial charge is 0.467 e. The number of nitrogens with one attached hydrogen (secondary N) is 1. The highest BCUT2D eigenvalue weighted by Gasteiger charge is 2.53. The van der Waals surface area contributed by atoms with E-state index in [-0.39, 0.29) is 18.0 Å². The maximum atomic E-state index is 12.4. The molecule has 2 fully saturated rings. The van der Waals surface area contributed by atoms with Crippen molar-refractivity contribution in [2.24, 2.45) is 0 Å². The zero-order valence-electron chi connectivity index (χ0n) is 16.7. The highest BCUT2D eigenvalue weighted by atomic mass is 16.6. The first-order valence-electron chi connectivity index (χ1n) is 9.43. The SMILES string of the molecule is COC(=O)C1(NC(=O)c2ncn(C3CCCN(C(=O)OC(C)(C)C)C3)n2)CC1. The molecule has 1 unspecified atom stereocenters. The molecule has 0 aromatic carbocycles. The van der Waals surface area contributed by atoms with E-state index >= 15 is 0 Å². The molecule has 1 aromatic heterocycles. The Morgan fingerprint density at radius 2 is 2.00 bits per heavy atom. The molecule has 10 heteroatoms. The van der Waals surface area contributed by atoms with E-state index in [1.807, 2.05) is 20.8 Å². The average Bonchev–Trinajstić information content (AvgIpc) is 3.24. The summed E-state index contributed by atoms with van der Waals surface area (Å²) in [5.74, 6) is -0.980. The third-order valence-corrected chi connectivity index (χ3v) is 4.81. The smallest absolute Gasteiger partial charge is 0.410 e. The van der Waals surface area contributed by atoms with Crippen LogP contribution in [-0.4, -0.2) is 69.0 Å². The van der Waals surface area contributed by atoms with Gasteiger partial charge in [-0.2, -0.15) is 0 Å². The van der Waals surface area contributed by atoms with Crippen molar-refractivity contribution in [2.45, 2.75) is 63.6 Å². The highest BCUT2D eigenvalue weighted by molar-refractivity contribution is 5.96. The predicted octanol–water partition coefficient (Wildman–Crippen LogP) is 1.29. The van der Waals surface area contributed by atoms with Crippen LogP contribution in [0, 0.1) is 0 Å². The van der Waals surface area contributed by atoms with Crippen LogP contribution >= 0.6 is 0 Å². The third kappa shape index (κ3) is 4.42. The first-order valence-corrected chi connectivity index (χ1v) is 9.43. The van der Waals surface area contributed by atoms with Gasteiger partial charge < -0.3 is 19.7 Å². The van der Waals surface area contributed by atoms with Gasteiger partial charge in [0.1, 0.15) is 17.5 Å². The minimum atomic E-state index is -0.949. The summed E-state index contributed by atoms with van der Waals surface area (Å²) in [6.45, 7) is 6.54. The first kappa shape index (κ1) is 20.1. The van der Waals surface area contributed by atoms with E-state index in [2.05, 4.69) is 15.4 Å². The zero-order valence-corrected chi connectivity index (χ0v) is 16.7. The maximum absolute atomic E-state index is 12.4. The quantitative estimate of drug-likeness (QED) is 0.766. The Bertz CT molecular complexity index is 765. The summed E-state index contributed by atoms with van der Waals surface area (Å²) in [7, 11) is 1.29. The predicted molar refractivity (Wildman–Crippen MR) is 97.5 cm³/mol. The first-order chi connectivity index (χ1) is 13.1. The van der Waals surface area contributed by atoms with Gasteiger partial charge in [-0.1, -0.05) is 0 Å². The number of methoxy groups -OCH3 is 1. The standard InChI is InChI=1S/C18H27N5O5/c1-17(2,3)28-16(26)22-9-5-6-12(10-22)23-11-19-13(21-23)14(24)20-18(7-8-18)15(25)27-4/h11-12H,5-10H2,1-4H3,(H,20,24). The molecule has 2 aliphatic rings. The van der Waals surface area contributed by atoms with Gasteiger partial charge in [-0.15, -0.1) is 5.10 Å².